The lowest BCUT2D eigenvalue weighted by atomic mass is 9.76. The Morgan fingerprint density at radius 2 is 2.30 bits per heavy atom. The number of thiophene rings is 1. The number of hydrogen-bond acceptors (Lipinski definition) is 5. The summed E-state index contributed by atoms with van der Waals surface area (Å²) in [5, 5.41) is 9.79. The Hall–Kier alpha value is -1.76. The normalized spacial score (nSPS) is 16.1. The van der Waals surface area contributed by atoms with Crippen LogP contribution in [-0.4, -0.2) is 16.1 Å². The summed E-state index contributed by atoms with van der Waals surface area (Å²) in [4.78, 5) is 22.9. The zero-order valence-corrected chi connectivity index (χ0v) is 14.1. The third kappa shape index (κ3) is 3.02. The minimum atomic E-state index is -0.876. The maximum Gasteiger partial charge on any atom is 0.337 e. The first kappa shape index (κ1) is 16.1. The maximum absolute atomic E-state index is 11.9. The minimum absolute atomic E-state index is 0.133. The van der Waals surface area contributed by atoms with Gasteiger partial charge in [-0.05, 0) is 36.3 Å². The summed E-state index contributed by atoms with van der Waals surface area (Å²) in [6, 6.07) is 3.69. The van der Waals surface area contributed by atoms with Gasteiger partial charge in [0.25, 0.3) is 0 Å². The van der Waals surface area contributed by atoms with Crippen LogP contribution in [0, 0.1) is 5.41 Å². The predicted molar refractivity (Wildman–Crippen MR) is 89.3 cm³/mol. The zero-order valence-electron chi connectivity index (χ0n) is 13.3. The molecule has 2 aromatic rings. The Bertz CT molecular complexity index is 752. The second-order valence-corrected chi connectivity index (χ2v) is 7.77. The first-order chi connectivity index (χ1) is 10.9. The van der Waals surface area contributed by atoms with Crippen LogP contribution < -0.4 is 5.90 Å². The molecular formula is C17H20N2O3S. The van der Waals surface area contributed by atoms with Gasteiger partial charge in [0, 0.05) is 16.6 Å². The predicted octanol–water partition coefficient (Wildman–Crippen LogP) is 3.41. The lowest BCUT2D eigenvalue weighted by Gasteiger charge is -2.29. The van der Waals surface area contributed by atoms with E-state index in [9.17, 15) is 9.90 Å². The maximum atomic E-state index is 11.9. The van der Waals surface area contributed by atoms with Gasteiger partial charge >= 0.3 is 5.97 Å². The van der Waals surface area contributed by atoms with E-state index in [-0.39, 0.29) is 12.0 Å². The van der Waals surface area contributed by atoms with Gasteiger partial charge in [-0.15, -0.1) is 11.3 Å². The van der Waals surface area contributed by atoms with Gasteiger partial charge in [-0.1, -0.05) is 19.9 Å². The summed E-state index contributed by atoms with van der Waals surface area (Å²) in [7, 11) is 0. The van der Waals surface area contributed by atoms with Crippen molar-refractivity contribution in [1.82, 2.24) is 4.98 Å². The molecule has 23 heavy (non-hydrogen) atoms. The van der Waals surface area contributed by atoms with Crippen LogP contribution in [0.3, 0.4) is 0 Å². The molecule has 122 valence electrons. The minimum Gasteiger partial charge on any atom is -0.478 e. The summed E-state index contributed by atoms with van der Waals surface area (Å²) < 4.78 is 0. The van der Waals surface area contributed by atoms with Crippen molar-refractivity contribution >= 4 is 17.3 Å². The summed E-state index contributed by atoms with van der Waals surface area (Å²) in [6.45, 7) is 4.54. The molecule has 0 amide bonds. The second-order valence-electron chi connectivity index (χ2n) is 6.66. The molecule has 2 aromatic heterocycles. The topological polar surface area (TPSA) is 85.4 Å². The molecule has 0 atom stereocenters. The fraction of sp³-hybridized carbons (Fsp3) is 0.412. The van der Waals surface area contributed by atoms with Gasteiger partial charge in [0.1, 0.15) is 6.61 Å². The van der Waals surface area contributed by atoms with Crippen molar-refractivity contribution in [2.45, 2.75) is 39.7 Å². The van der Waals surface area contributed by atoms with Crippen LogP contribution in [0.1, 0.15) is 46.8 Å². The number of nitrogens with zero attached hydrogens (tertiary/aromatic N) is 1. The zero-order chi connectivity index (χ0) is 16.6. The van der Waals surface area contributed by atoms with E-state index in [1.54, 1.807) is 17.5 Å². The van der Waals surface area contributed by atoms with Crippen LogP contribution >= 0.6 is 11.3 Å². The van der Waals surface area contributed by atoms with Crippen LogP contribution in [0.5, 0.6) is 0 Å². The fourth-order valence-corrected chi connectivity index (χ4v) is 4.53. The van der Waals surface area contributed by atoms with Gasteiger partial charge < -0.3 is 5.11 Å². The Morgan fingerprint density at radius 3 is 3.00 bits per heavy atom. The third-order valence-electron chi connectivity index (χ3n) is 4.34. The molecule has 0 saturated carbocycles. The van der Waals surface area contributed by atoms with E-state index in [2.05, 4.69) is 18.8 Å². The quantitative estimate of drug-likeness (QED) is 0.838. The van der Waals surface area contributed by atoms with Crippen molar-refractivity contribution in [3.63, 3.8) is 0 Å². The van der Waals surface area contributed by atoms with Crippen molar-refractivity contribution < 1.29 is 14.7 Å². The number of aromatic nitrogens is 1. The third-order valence-corrected chi connectivity index (χ3v) is 5.67. The fourth-order valence-electron chi connectivity index (χ4n) is 3.17. The van der Waals surface area contributed by atoms with Gasteiger partial charge in [0.05, 0.1) is 16.1 Å². The van der Waals surface area contributed by atoms with Crippen LogP contribution in [0.2, 0.25) is 0 Å². The SMILES string of the molecule is CC1(C)CCc2sc(-c3cccnc3CON)c(C(=O)O)c2C1. The molecule has 0 aromatic carbocycles. The molecule has 0 fully saturated rings. The van der Waals surface area contributed by atoms with Crippen molar-refractivity contribution in [2.24, 2.45) is 11.3 Å². The van der Waals surface area contributed by atoms with Crippen molar-refractivity contribution in [2.75, 3.05) is 0 Å². The van der Waals surface area contributed by atoms with Gasteiger partial charge in [-0.3, -0.25) is 9.82 Å². The van der Waals surface area contributed by atoms with E-state index >= 15 is 0 Å². The Labute approximate surface area is 139 Å². The lowest BCUT2D eigenvalue weighted by molar-refractivity contribution is 0.0696. The van der Waals surface area contributed by atoms with E-state index < -0.39 is 5.97 Å². The van der Waals surface area contributed by atoms with Crippen LogP contribution in [0.25, 0.3) is 10.4 Å². The number of aryl methyl sites for hydroxylation is 1. The summed E-state index contributed by atoms with van der Waals surface area (Å²) in [5.41, 5.74) is 3.00. The van der Waals surface area contributed by atoms with E-state index in [0.717, 1.165) is 35.3 Å². The number of pyridine rings is 1. The Morgan fingerprint density at radius 1 is 1.52 bits per heavy atom. The number of aromatic carboxylic acids is 1. The van der Waals surface area contributed by atoms with Crippen molar-refractivity contribution in [3.05, 3.63) is 40.0 Å². The van der Waals surface area contributed by atoms with E-state index in [1.807, 2.05) is 12.1 Å². The van der Waals surface area contributed by atoms with Gasteiger partial charge in [0.2, 0.25) is 0 Å². The highest BCUT2D eigenvalue weighted by Gasteiger charge is 2.33. The summed E-state index contributed by atoms with van der Waals surface area (Å²) in [6.07, 6.45) is 4.46. The van der Waals surface area contributed by atoms with Gasteiger partial charge in [0.15, 0.2) is 0 Å². The molecule has 3 rings (SSSR count). The Kier molecular flexibility index (Phi) is 4.23. The smallest absolute Gasteiger partial charge is 0.337 e. The average Bonchev–Trinajstić information content (AvgIpc) is 2.85. The molecule has 3 N–H and O–H groups in total. The van der Waals surface area contributed by atoms with Crippen molar-refractivity contribution in [1.29, 1.82) is 0 Å². The van der Waals surface area contributed by atoms with Gasteiger partial charge in [-0.2, -0.15) is 0 Å². The van der Waals surface area contributed by atoms with E-state index in [1.165, 1.54) is 4.88 Å². The van der Waals surface area contributed by atoms with Crippen LogP contribution in [0.15, 0.2) is 18.3 Å². The number of fused-ring (bicyclic) bond motifs is 1. The van der Waals surface area contributed by atoms with E-state index in [0.29, 0.717) is 11.3 Å². The number of hydrogen-bond donors (Lipinski definition) is 2. The lowest BCUT2D eigenvalue weighted by Crippen LogP contribution is -2.22. The average molecular weight is 332 g/mol. The molecule has 6 heteroatoms. The van der Waals surface area contributed by atoms with Crippen molar-refractivity contribution in [3.8, 4) is 10.4 Å². The largest absolute Gasteiger partial charge is 0.478 e. The molecule has 1 aliphatic carbocycles. The number of nitrogens with two attached hydrogens (primary N) is 1. The number of carbonyl (C=O) groups is 1. The Balaban J connectivity index is 2.18. The summed E-state index contributed by atoms with van der Waals surface area (Å²) >= 11 is 1.57. The van der Waals surface area contributed by atoms with E-state index in [4.69, 9.17) is 10.7 Å². The van der Waals surface area contributed by atoms with Crippen LogP contribution in [0.4, 0.5) is 0 Å². The second kappa shape index (κ2) is 6.03. The molecule has 0 bridgehead atoms. The molecule has 0 radical (unpaired) electrons. The van der Waals surface area contributed by atoms with Gasteiger partial charge in [-0.25, -0.2) is 10.7 Å². The number of carboxylic acids is 1. The number of rotatable bonds is 4. The first-order valence-electron chi connectivity index (χ1n) is 7.57. The summed E-state index contributed by atoms with van der Waals surface area (Å²) in [5.74, 6) is 4.31. The highest BCUT2D eigenvalue weighted by molar-refractivity contribution is 7.16. The molecule has 2 heterocycles. The molecule has 1 aliphatic rings. The molecule has 0 saturated heterocycles. The highest BCUT2D eigenvalue weighted by Crippen LogP contribution is 2.45. The standard InChI is InChI=1S/C17H20N2O3S/c1-17(2)6-5-13-11(8-17)14(16(20)21)15(23-13)10-4-3-7-19-12(10)9-22-18/h3-4,7H,5-6,8-9,18H2,1-2H3,(H,20,21). The molecule has 0 aliphatic heterocycles. The van der Waals surface area contributed by atoms with Crippen LogP contribution in [-0.2, 0) is 24.3 Å². The first-order valence-corrected chi connectivity index (χ1v) is 8.38. The molecule has 5 nitrogen and oxygen atoms in total. The molecule has 0 spiro atoms. The monoisotopic (exact) mass is 332 g/mol. The molecule has 0 unspecified atom stereocenters. The number of carboxylic acid groups (broad SMARTS) is 1. The molecular weight excluding hydrogens is 312 g/mol. The highest BCUT2D eigenvalue weighted by atomic mass is 32.1.